The van der Waals surface area contributed by atoms with Crippen LogP contribution in [0.25, 0.3) is 22.2 Å². The lowest BCUT2D eigenvalue weighted by Crippen LogP contribution is -2.36. The smallest absolute Gasteiger partial charge is 0.251 e. The van der Waals surface area contributed by atoms with E-state index in [9.17, 15) is 4.79 Å². The van der Waals surface area contributed by atoms with Crippen LogP contribution in [0.5, 0.6) is 0 Å². The minimum atomic E-state index is -0.327. The molecule has 0 atom stereocenters. The Balaban J connectivity index is 1.52. The van der Waals surface area contributed by atoms with E-state index in [0.717, 1.165) is 11.1 Å². The first-order valence-corrected chi connectivity index (χ1v) is 10.3. The van der Waals surface area contributed by atoms with Gasteiger partial charge in [0, 0.05) is 37.1 Å². The van der Waals surface area contributed by atoms with Crippen molar-refractivity contribution in [3.63, 3.8) is 0 Å². The van der Waals surface area contributed by atoms with Crippen LogP contribution < -0.4 is 10.5 Å². The number of ether oxygens (including phenoxy) is 1. The number of aryl methyl sites for hydroxylation is 1. The summed E-state index contributed by atoms with van der Waals surface area (Å²) in [7, 11) is 0. The molecule has 0 unspecified atom stereocenters. The first kappa shape index (κ1) is 19.5. The van der Waals surface area contributed by atoms with Gasteiger partial charge < -0.3 is 19.2 Å². The number of H-pyrrole nitrogens is 1. The van der Waals surface area contributed by atoms with Crippen molar-refractivity contribution >= 4 is 16.7 Å². The minimum Gasteiger partial charge on any atom is -0.378 e. The number of anilines is 1. The molecule has 6 nitrogen and oxygen atoms in total. The number of rotatable bonds is 4. The number of hydrogen-bond donors (Lipinski definition) is 1. The van der Waals surface area contributed by atoms with Crippen molar-refractivity contribution in [1.29, 1.82) is 0 Å². The van der Waals surface area contributed by atoms with Crippen LogP contribution in [0.2, 0.25) is 0 Å². The van der Waals surface area contributed by atoms with Gasteiger partial charge in [-0.15, -0.1) is 0 Å². The van der Waals surface area contributed by atoms with Gasteiger partial charge in [0.2, 0.25) is 0 Å². The molecule has 0 radical (unpaired) electrons. The zero-order valence-corrected chi connectivity index (χ0v) is 17.3. The van der Waals surface area contributed by atoms with Crippen LogP contribution in [-0.2, 0) is 11.3 Å². The van der Waals surface area contributed by atoms with Gasteiger partial charge in [-0.1, -0.05) is 29.8 Å². The van der Waals surface area contributed by atoms with Crippen LogP contribution in [0.4, 0.5) is 10.1 Å². The molecule has 1 saturated heterocycles. The first-order valence-electron chi connectivity index (χ1n) is 10.3. The Labute approximate surface area is 178 Å². The SMILES string of the molecule is Cc1cccc(Cn2ccc(-c3c[nH]c4ncc(N5CCOCC5)c(F)c34)cc2=O)c1. The predicted octanol–water partition coefficient (Wildman–Crippen LogP) is 3.72. The molecule has 158 valence electrons. The molecule has 0 amide bonds. The fraction of sp³-hybridized carbons (Fsp3) is 0.250. The highest BCUT2D eigenvalue weighted by molar-refractivity contribution is 5.95. The molecule has 4 heterocycles. The summed E-state index contributed by atoms with van der Waals surface area (Å²) in [5.41, 5.74) is 4.31. The van der Waals surface area contributed by atoms with E-state index < -0.39 is 0 Å². The number of nitrogens with zero attached hydrogens (tertiary/aromatic N) is 3. The van der Waals surface area contributed by atoms with Crippen molar-refractivity contribution in [3.05, 3.63) is 82.3 Å². The zero-order chi connectivity index (χ0) is 21.4. The van der Waals surface area contributed by atoms with Crippen molar-refractivity contribution in [3.8, 4) is 11.1 Å². The standard InChI is InChI=1S/C24H23FN4O2/c1-16-3-2-4-17(11-16)15-29-6-5-18(12-21(29)30)19-13-26-24-22(19)23(25)20(14-27-24)28-7-9-31-10-8-28/h2-6,11-14H,7-10,15H2,1H3,(H,26,27). The Hall–Kier alpha value is -3.45. The minimum absolute atomic E-state index is 0.133. The molecule has 1 fully saturated rings. The number of pyridine rings is 2. The summed E-state index contributed by atoms with van der Waals surface area (Å²) in [6.45, 7) is 4.90. The highest BCUT2D eigenvalue weighted by atomic mass is 19.1. The number of aromatic nitrogens is 3. The van der Waals surface area contributed by atoms with E-state index in [1.54, 1.807) is 29.2 Å². The first-order chi connectivity index (χ1) is 15.1. The second-order valence-electron chi connectivity index (χ2n) is 7.85. The highest BCUT2D eigenvalue weighted by Gasteiger charge is 2.21. The maximum absolute atomic E-state index is 15.5. The summed E-state index contributed by atoms with van der Waals surface area (Å²) in [5, 5.41) is 0.403. The quantitative estimate of drug-likeness (QED) is 0.549. The van der Waals surface area contributed by atoms with Gasteiger partial charge in [-0.2, -0.15) is 0 Å². The number of nitrogens with one attached hydrogen (secondary N) is 1. The van der Waals surface area contributed by atoms with Crippen molar-refractivity contribution < 1.29 is 9.13 Å². The van der Waals surface area contributed by atoms with E-state index in [1.165, 1.54) is 0 Å². The molecular formula is C24H23FN4O2. The van der Waals surface area contributed by atoms with Crippen LogP contribution in [-0.4, -0.2) is 40.8 Å². The second kappa shape index (κ2) is 8.00. The lowest BCUT2D eigenvalue weighted by atomic mass is 10.1. The average Bonchev–Trinajstić information content (AvgIpc) is 3.21. The van der Waals surface area contributed by atoms with Crippen LogP contribution in [0, 0.1) is 12.7 Å². The molecule has 31 heavy (non-hydrogen) atoms. The van der Waals surface area contributed by atoms with Gasteiger partial charge in [-0.05, 0) is 24.1 Å². The van der Waals surface area contributed by atoms with Gasteiger partial charge in [0.15, 0.2) is 5.82 Å². The van der Waals surface area contributed by atoms with E-state index in [-0.39, 0.29) is 11.4 Å². The fourth-order valence-corrected chi connectivity index (χ4v) is 4.11. The molecule has 0 spiro atoms. The molecule has 1 N–H and O–H groups in total. The fourth-order valence-electron chi connectivity index (χ4n) is 4.11. The van der Waals surface area contributed by atoms with Crippen molar-refractivity contribution in [2.45, 2.75) is 13.5 Å². The molecule has 1 aliphatic heterocycles. The Bertz CT molecular complexity index is 1300. The number of hydrogen-bond acceptors (Lipinski definition) is 4. The third-order valence-electron chi connectivity index (χ3n) is 5.71. The largest absolute Gasteiger partial charge is 0.378 e. The Morgan fingerprint density at radius 3 is 2.81 bits per heavy atom. The zero-order valence-electron chi connectivity index (χ0n) is 17.3. The second-order valence-corrected chi connectivity index (χ2v) is 7.85. The Morgan fingerprint density at radius 2 is 2.03 bits per heavy atom. The monoisotopic (exact) mass is 418 g/mol. The van der Waals surface area contributed by atoms with Crippen LogP contribution in [0.15, 0.2) is 59.8 Å². The summed E-state index contributed by atoms with van der Waals surface area (Å²) >= 11 is 0. The number of halogens is 1. The van der Waals surface area contributed by atoms with Crippen LogP contribution >= 0.6 is 0 Å². The number of aromatic amines is 1. The number of fused-ring (bicyclic) bond motifs is 1. The Morgan fingerprint density at radius 1 is 1.19 bits per heavy atom. The maximum atomic E-state index is 15.5. The predicted molar refractivity (Wildman–Crippen MR) is 119 cm³/mol. The molecule has 1 aliphatic rings. The topological polar surface area (TPSA) is 63.1 Å². The van der Waals surface area contributed by atoms with Crippen LogP contribution in [0.3, 0.4) is 0 Å². The van der Waals surface area contributed by atoms with Gasteiger partial charge in [0.25, 0.3) is 5.56 Å². The maximum Gasteiger partial charge on any atom is 0.251 e. The molecule has 3 aromatic heterocycles. The highest BCUT2D eigenvalue weighted by Crippen LogP contribution is 2.33. The molecule has 5 rings (SSSR count). The van der Waals surface area contributed by atoms with Crippen molar-refractivity contribution in [2.24, 2.45) is 0 Å². The van der Waals surface area contributed by atoms with Gasteiger partial charge in [0.05, 0.1) is 37.0 Å². The normalized spacial score (nSPS) is 14.3. The molecule has 7 heteroatoms. The molecule has 4 aromatic rings. The van der Waals surface area contributed by atoms with E-state index in [4.69, 9.17) is 4.74 Å². The molecular weight excluding hydrogens is 395 g/mol. The van der Waals surface area contributed by atoms with E-state index in [2.05, 4.69) is 16.0 Å². The Kier molecular flexibility index (Phi) is 5.03. The summed E-state index contributed by atoms with van der Waals surface area (Å²) in [5.74, 6) is -0.327. The van der Waals surface area contributed by atoms with Gasteiger partial charge in [0.1, 0.15) is 5.65 Å². The number of benzene rings is 1. The lowest BCUT2D eigenvalue weighted by Gasteiger charge is -2.28. The summed E-state index contributed by atoms with van der Waals surface area (Å²) in [6.07, 6.45) is 5.03. The van der Waals surface area contributed by atoms with E-state index in [0.29, 0.717) is 60.7 Å². The third-order valence-corrected chi connectivity index (χ3v) is 5.71. The molecule has 0 saturated carbocycles. The molecule has 1 aromatic carbocycles. The van der Waals surface area contributed by atoms with Crippen molar-refractivity contribution in [1.82, 2.24) is 14.5 Å². The van der Waals surface area contributed by atoms with E-state index >= 15 is 4.39 Å². The van der Waals surface area contributed by atoms with Crippen LogP contribution in [0.1, 0.15) is 11.1 Å². The summed E-state index contributed by atoms with van der Waals surface area (Å²) < 4.78 is 22.5. The van der Waals surface area contributed by atoms with Gasteiger partial charge >= 0.3 is 0 Å². The summed E-state index contributed by atoms with van der Waals surface area (Å²) in [4.78, 5) is 22.2. The van der Waals surface area contributed by atoms with Gasteiger partial charge in [-0.25, -0.2) is 9.37 Å². The van der Waals surface area contributed by atoms with Gasteiger partial charge in [-0.3, -0.25) is 4.79 Å². The lowest BCUT2D eigenvalue weighted by molar-refractivity contribution is 0.122. The van der Waals surface area contributed by atoms with E-state index in [1.807, 2.05) is 36.1 Å². The van der Waals surface area contributed by atoms with Crippen molar-refractivity contribution in [2.75, 3.05) is 31.2 Å². The average molecular weight is 418 g/mol. The summed E-state index contributed by atoms with van der Waals surface area (Å²) in [6, 6.07) is 11.5. The molecule has 0 aliphatic carbocycles. The third kappa shape index (κ3) is 3.72. The number of morpholine rings is 1. The molecule has 0 bridgehead atoms.